The summed E-state index contributed by atoms with van der Waals surface area (Å²) >= 11 is 0. The van der Waals surface area contributed by atoms with E-state index in [2.05, 4.69) is 15.3 Å². The van der Waals surface area contributed by atoms with Gasteiger partial charge in [0.25, 0.3) is 0 Å². The van der Waals surface area contributed by atoms with E-state index in [-0.39, 0.29) is 6.61 Å². The molecule has 1 atom stereocenters. The standard InChI is InChI=1S/C11H19N3O3/c1-3-6-17-10-4-5-12-11(14-10)13-7-9(15)8-16-2/h4-5,9,15H,3,6-8H2,1-2H3,(H,12,13,14). The fourth-order valence-electron chi connectivity index (χ4n) is 1.17. The number of nitrogens with zero attached hydrogens (tertiary/aromatic N) is 2. The van der Waals surface area contributed by atoms with E-state index in [1.165, 1.54) is 0 Å². The van der Waals surface area contributed by atoms with Gasteiger partial charge in [0.15, 0.2) is 0 Å². The lowest BCUT2D eigenvalue weighted by atomic mass is 10.4. The summed E-state index contributed by atoms with van der Waals surface area (Å²) in [7, 11) is 1.54. The summed E-state index contributed by atoms with van der Waals surface area (Å²) in [6, 6.07) is 1.70. The van der Waals surface area contributed by atoms with Crippen molar-refractivity contribution in [3.8, 4) is 5.88 Å². The second-order valence-electron chi connectivity index (χ2n) is 3.56. The Morgan fingerprint density at radius 3 is 3.06 bits per heavy atom. The quantitative estimate of drug-likeness (QED) is 0.697. The minimum atomic E-state index is -0.580. The van der Waals surface area contributed by atoms with Gasteiger partial charge in [-0.3, -0.25) is 0 Å². The van der Waals surface area contributed by atoms with Gasteiger partial charge in [0.2, 0.25) is 11.8 Å². The predicted molar refractivity (Wildman–Crippen MR) is 64.2 cm³/mol. The molecule has 0 aliphatic rings. The SMILES string of the molecule is CCCOc1ccnc(NCC(O)COC)n1. The van der Waals surface area contributed by atoms with Gasteiger partial charge < -0.3 is 19.9 Å². The number of methoxy groups -OCH3 is 1. The Labute approximate surface area is 101 Å². The Hall–Kier alpha value is -1.40. The first-order chi connectivity index (χ1) is 8.26. The molecule has 0 radical (unpaired) electrons. The third kappa shape index (κ3) is 5.46. The van der Waals surface area contributed by atoms with Gasteiger partial charge in [-0.05, 0) is 6.42 Å². The van der Waals surface area contributed by atoms with Crippen LogP contribution in [-0.2, 0) is 4.74 Å². The third-order valence-corrected chi connectivity index (χ3v) is 1.94. The molecule has 1 rings (SSSR count). The van der Waals surface area contributed by atoms with Crippen molar-refractivity contribution in [2.75, 3.05) is 32.2 Å². The topological polar surface area (TPSA) is 76.5 Å². The predicted octanol–water partition coefficient (Wildman–Crippen LogP) is 0.685. The molecular formula is C11H19N3O3. The van der Waals surface area contributed by atoms with Crippen LogP contribution in [0.15, 0.2) is 12.3 Å². The molecular weight excluding hydrogens is 222 g/mol. The van der Waals surface area contributed by atoms with Crippen molar-refractivity contribution in [2.45, 2.75) is 19.4 Å². The van der Waals surface area contributed by atoms with E-state index in [1.54, 1.807) is 19.4 Å². The van der Waals surface area contributed by atoms with Crippen LogP contribution in [-0.4, -0.2) is 48.0 Å². The molecule has 0 saturated carbocycles. The molecule has 96 valence electrons. The van der Waals surface area contributed by atoms with E-state index in [1.807, 2.05) is 6.92 Å². The van der Waals surface area contributed by atoms with Gasteiger partial charge in [-0.15, -0.1) is 0 Å². The first-order valence-corrected chi connectivity index (χ1v) is 5.63. The van der Waals surface area contributed by atoms with Crippen LogP contribution in [0.4, 0.5) is 5.95 Å². The zero-order valence-corrected chi connectivity index (χ0v) is 10.2. The maximum atomic E-state index is 9.45. The smallest absolute Gasteiger partial charge is 0.226 e. The van der Waals surface area contributed by atoms with Crippen molar-refractivity contribution in [1.82, 2.24) is 9.97 Å². The van der Waals surface area contributed by atoms with Crippen LogP contribution < -0.4 is 10.1 Å². The highest BCUT2D eigenvalue weighted by Gasteiger charge is 2.05. The first-order valence-electron chi connectivity index (χ1n) is 5.63. The number of hydrogen-bond acceptors (Lipinski definition) is 6. The summed E-state index contributed by atoms with van der Waals surface area (Å²) in [5.41, 5.74) is 0. The number of hydrogen-bond donors (Lipinski definition) is 2. The lowest BCUT2D eigenvalue weighted by Gasteiger charge is -2.11. The molecule has 0 aliphatic heterocycles. The van der Waals surface area contributed by atoms with Gasteiger partial charge >= 0.3 is 0 Å². The largest absolute Gasteiger partial charge is 0.478 e. The molecule has 0 bridgehead atoms. The number of nitrogens with one attached hydrogen (secondary N) is 1. The minimum Gasteiger partial charge on any atom is -0.478 e. The Morgan fingerprint density at radius 2 is 2.35 bits per heavy atom. The van der Waals surface area contributed by atoms with Crippen LogP contribution in [0.1, 0.15) is 13.3 Å². The van der Waals surface area contributed by atoms with Crippen molar-refractivity contribution in [3.05, 3.63) is 12.3 Å². The molecule has 6 heteroatoms. The molecule has 1 unspecified atom stereocenters. The first kappa shape index (κ1) is 13.7. The summed E-state index contributed by atoms with van der Waals surface area (Å²) in [4.78, 5) is 8.17. The molecule has 17 heavy (non-hydrogen) atoms. The lowest BCUT2D eigenvalue weighted by Crippen LogP contribution is -2.24. The molecule has 6 nitrogen and oxygen atoms in total. The fraction of sp³-hybridized carbons (Fsp3) is 0.636. The van der Waals surface area contributed by atoms with Crippen LogP contribution in [0.25, 0.3) is 0 Å². The van der Waals surface area contributed by atoms with Crippen molar-refractivity contribution >= 4 is 5.95 Å². The number of ether oxygens (including phenoxy) is 2. The summed E-state index contributed by atoms with van der Waals surface area (Å²) in [5, 5.41) is 12.4. The lowest BCUT2D eigenvalue weighted by molar-refractivity contribution is 0.0726. The number of aliphatic hydroxyl groups is 1. The normalized spacial score (nSPS) is 12.2. The zero-order chi connectivity index (χ0) is 12.5. The van der Waals surface area contributed by atoms with E-state index in [9.17, 15) is 5.11 Å². The highest BCUT2D eigenvalue weighted by Crippen LogP contribution is 2.08. The van der Waals surface area contributed by atoms with E-state index >= 15 is 0 Å². The molecule has 0 aliphatic carbocycles. The maximum absolute atomic E-state index is 9.45. The second-order valence-corrected chi connectivity index (χ2v) is 3.56. The minimum absolute atomic E-state index is 0.277. The van der Waals surface area contributed by atoms with Crippen molar-refractivity contribution < 1.29 is 14.6 Å². The second kappa shape index (κ2) is 7.81. The third-order valence-electron chi connectivity index (χ3n) is 1.94. The van der Waals surface area contributed by atoms with Crippen molar-refractivity contribution in [1.29, 1.82) is 0 Å². The van der Waals surface area contributed by atoms with Gasteiger partial charge in [0.05, 0.1) is 19.3 Å². The Bertz CT molecular complexity index is 323. The molecule has 1 aromatic heterocycles. The zero-order valence-electron chi connectivity index (χ0n) is 10.2. The average Bonchev–Trinajstić information content (AvgIpc) is 2.35. The van der Waals surface area contributed by atoms with E-state index < -0.39 is 6.10 Å². The van der Waals surface area contributed by atoms with Crippen LogP contribution in [0, 0.1) is 0 Å². The number of anilines is 1. The van der Waals surface area contributed by atoms with Crippen LogP contribution in [0.5, 0.6) is 5.88 Å². The van der Waals surface area contributed by atoms with Gasteiger partial charge in [-0.25, -0.2) is 4.98 Å². The molecule has 0 spiro atoms. The molecule has 1 aromatic rings. The molecule has 1 heterocycles. The maximum Gasteiger partial charge on any atom is 0.226 e. The molecule has 0 amide bonds. The average molecular weight is 241 g/mol. The Balaban J connectivity index is 2.42. The van der Waals surface area contributed by atoms with Crippen LogP contribution >= 0.6 is 0 Å². The highest BCUT2D eigenvalue weighted by molar-refractivity contribution is 5.27. The number of rotatable bonds is 8. The van der Waals surface area contributed by atoms with E-state index in [0.717, 1.165) is 6.42 Å². The van der Waals surface area contributed by atoms with Gasteiger partial charge in [-0.2, -0.15) is 4.98 Å². The van der Waals surface area contributed by atoms with Crippen LogP contribution in [0.3, 0.4) is 0 Å². The highest BCUT2D eigenvalue weighted by atomic mass is 16.5. The van der Waals surface area contributed by atoms with Gasteiger partial charge in [0, 0.05) is 25.9 Å². The Kier molecular flexibility index (Phi) is 6.27. The summed E-state index contributed by atoms with van der Waals surface area (Å²) in [5.74, 6) is 0.972. The monoisotopic (exact) mass is 241 g/mol. The van der Waals surface area contributed by atoms with Gasteiger partial charge in [0.1, 0.15) is 0 Å². The van der Waals surface area contributed by atoms with Crippen LogP contribution in [0.2, 0.25) is 0 Å². The molecule has 2 N–H and O–H groups in total. The molecule has 0 fully saturated rings. The fourth-order valence-corrected chi connectivity index (χ4v) is 1.17. The molecule has 0 saturated heterocycles. The molecule has 0 aromatic carbocycles. The summed E-state index contributed by atoms with van der Waals surface area (Å²) < 4.78 is 10.2. The number of aromatic nitrogens is 2. The van der Waals surface area contributed by atoms with Crippen molar-refractivity contribution in [3.63, 3.8) is 0 Å². The number of aliphatic hydroxyl groups excluding tert-OH is 1. The van der Waals surface area contributed by atoms with Crippen molar-refractivity contribution in [2.24, 2.45) is 0 Å². The van der Waals surface area contributed by atoms with E-state index in [0.29, 0.717) is 25.0 Å². The van der Waals surface area contributed by atoms with E-state index in [4.69, 9.17) is 9.47 Å². The Morgan fingerprint density at radius 1 is 1.53 bits per heavy atom. The summed E-state index contributed by atoms with van der Waals surface area (Å²) in [6.07, 6.45) is 1.96. The summed E-state index contributed by atoms with van der Waals surface area (Å²) in [6.45, 7) is 3.27. The van der Waals surface area contributed by atoms with Gasteiger partial charge in [-0.1, -0.05) is 6.92 Å².